The molecule has 0 aromatic rings. The molecule has 0 spiro atoms. The summed E-state index contributed by atoms with van der Waals surface area (Å²) in [7, 11) is 0. The molecule has 0 N–H and O–H groups in total. The summed E-state index contributed by atoms with van der Waals surface area (Å²) in [6.45, 7) is 10.5. The number of carbonyl (C=O) groups is 3. The first-order valence-corrected chi connectivity index (χ1v) is 10.5. The van der Waals surface area contributed by atoms with E-state index in [1.54, 1.807) is 0 Å². The number of hydrogen-bond donors (Lipinski definition) is 0. The van der Waals surface area contributed by atoms with Gasteiger partial charge in [0.25, 0.3) is 0 Å². The quantitative estimate of drug-likeness (QED) is 0.297. The SMILES string of the molecule is BrCCCCCCBr.C=CC(=O)N1CN(C(=O)C=C)CN(C(=O)C=C)C1. The van der Waals surface area contributed by atoms with Crippen molar-refractivity contribution < 1.29 is 14.4 Å². The Balaban J connectivity index is 0.000000660. The molecule has 3 amide bonds. The molecule has 0 unspecified atom stereocenters. The second-order valence-electron chi connectivity index (χ2n) is 5.46. The number of hydrogen-bond acceptors (Lipinski definition) is 3. The minimum absolute atomic E-state index is 0.108. The van der Waals surface area contributed by atoms with Gasteiger partial charge in [-0.1, -0.05) is 64.4 Å². The summed E-state index contributed by atoms with van der Waals surface area (Å²) < 4.78 is 0. The van der Waals surface area contributed by atoms with Gasteiger partial charge >= 0.3 is 0 Å². The average Bonchev–Trinajstić information content (AvgIpc) is 2.69. The third kappa shape index (κ3) is 9.33. The summed E-state index contributed by atoms with van der Waals surface area (Å²) in [5, 5.41) is 2.32. The Morgan fingerprint density at radius 1 is 0.654 bits per heavy atom. The molecule has 1 fully saturated rings. The molecular formula is C18H27Br2N3O3. The van der Waals surface area contributed by atoms with Gasteiger partial charge in [0, 0.05) is 10.7 Å². The largest absolute Gasteiger partial charge is 0.303 e. The molecule has 1 saturated heterocycles. The summed E-state index contributed by atoms with van der Waals surface area (Å²) in [4.78, 5) is 38.7. The van der Waals surface area contributed by atoms with E-state index in [9.17, 15) is 14.4 Å². The highest BCUT2D eigenvalue weighted by Gasteiger charge is 2.29. The van der Waals surface area contributed by atoms with Crippen LogP contribution in [0.4, 0.5) is 0 Å². The smallest absolute Gasteiger partial charge is 0.248 e. The lowest BCUT2D eigenvalue weighted by atomic mass is 10.2. The number of alkyl halides is 2. The first-order valence-electron chi connectivity index (χ1n) is 8.31. The van der Waals surface area contributed by atoms with Gasteiger partial charge in [0.15, 0.2) is 0 Å². The molecule has 0 aromatic carbocycles. The van der Waals surface area contributed by atoms with Gasteiger partial charge in [-0.3, -0.25) is 14.4 Å². The molecular weight excluding hydrogens is 466 g/mol. The van der Waals surface area contributed by atoms with Crippen molar-refractivity contribution >= 4 is 49.6 Å². The molecule has 0 aromatic heterocycles. The summed E-state index contributed by atoms with van der Waals surface area (Å²) in [5.74, 6) is -1.05. The minimum Gasteiger partial charge on any atom is -0.303 e. The van der Waals surface area contributed by atoms with Crippen LogP contribution in [0, 0.1) is 0 Å². The molecule has 1 heterocycles. The van der Waals surface area contributed by atoms with E-state index in [0.29, 0.717) is 0 Å². The monoisotopic (exact) mass is 491 g/mol. The zero-order chi connectivity index (χ0) is 19.9. The molecule has 1 rings (SSSR count). The number of unbranched alkanes of at least 4 members (excludes halogenated alkanes) is 3. The molecule has 26 heavy (non-hydrogen) atoms. The fourth-order valence-electron chi connectivity index (χ4n) is 2.10. The zero-order valence-corrected chi connectivity index (χ0v) is 18.2. The Bertz CT molecular complexity index is 438. The van der Waals surface area contributed by atoms with Crippen LogP contribution in [-0.4, -0.2) is 63.1 Å². The molecule has 1 aliphatic heterocycles. The van der Waals surface area contributed by atoms with Crippen LogP contribution in [0.25, 0.3) is 0 Å². The molecule has 146 valence electrons. The second-order valence-corrected chi connectivity index (χ2v) is 7.05. The summed E-state index contributed by atoms with van der Waals surface area (Å²) >= 11 is 6.78. The van der Waals surface area contributed by atoms with Crippen LogP contribution >= 0.6 is 31.9 Å². The maximum Gasteiger partial charge on any atom is 0.248 e. The van der Waals surface area contributed by atoms with Crippen molar-refractivity contribution in [3.8, 4) is 0 Å². The van der Waals surface area contributed by atoms with E-state index in [4.69, 9.17) is 0 Å². The fourth-order valence-corrected chi connectivity index (χ4v) is 2.89. The van der Waals surface area contributed by atoms with Gasteiger partial charge in [-0.15, -0.1) is 0 Å². The van der Waals surface area contributed by atoms with Gasteiger partial charge in [0.05, 0.1) is 20.0 Å². The van der Waals surface area contributed by atoms with Gasteiger partial charge in [-0.25, -0.2) is 0 Å². The number of halogens is 2. The molecule has 8 heteroatoms. The Morgan fingerprint density at radius 2 is 0.923 bits per heavy atom. The highest BCUT2D eigenvalue weighted by atomic mass is 79.9. The van der Waals surface area contributed by atoms with E-state index in [1.165, 1.54) is 40.4 Å². The molecule has 6 nitrogen and oxygen atoms in total. The van der Waals surface area contributed by atoms with Crippen molar-refractivity contribution in [1.82, 2.24) is 14.7 Å². The van der Waals surface area contributed by atoms with Crippen LogP contribution in [0.1, 0.15) is 25.7 Å². The van der Waals surface area contributed by atoms with Crippen molar-refractivity contribution in [2.45, 2.75) is 25.7 Å². The Kier molecular flexibility index (Phi) is 13.9. The van der Waals surface area contributed by atoms with Gasteiger partial charge < -0.3 is 14.7 Å². The van der Waals surface area contributed by atoms with E-state index in [1.807, 2.05) is 0 Å². The van der Waals surface area contributed by atoms with Crippen molar-refractivity contribution in [2.24, 2.45) is 0 Å². The van der Waals surface area contributed by atoms with Crippen LogP contribution in [0.2, 0.25) is 0 Å². The highest BCUT2D eigenvalue weighted by Crippen LogP contribution is 2.09. The molecule has 1 aliphatic rings. The Hall–Kier alpha value is -1.41. The van der Waals surface area contributed by atoms with Crippen molar-refractivity contribution in [3.63, 3.8) is 0 Å². The van der Waals surface area contributed by atoms with E-state index >= 15 is 0 Å². The predicted molar refractivity (Wildman–Crippen MR) is 112 cm³/mol. The normalized spacial score (nSPS) is 13.4. The molecule has 0 atom stereocenters. The third-order valence-electron chi connectivity index (χ3n) is 3.50. The van der Waals surface area contributed by atoms with Crippen LogP contribution in [0.15, 0.2) is 38.0 Å². The van der Waals surface area contributed by atoms with Gasteiger partial charge in [-0.2, -0.15) is 0 Å². The molecule has 0 aliphatic carbocycles. The maximum atomic E-state index is 11.6. The van der Waals surface area contributed by atoms with E-state index in [0.717, 1.165) is 28.9 Å². The molecule has 0 bridgehead atoms. The number of carbonyl (C=O) groups excluding carboxylic acids is 3. The van der Waals surface area contributed by atoms with E-state index < -0.39 is 0 Å². The topological polar surface area (TPSA) is 60.9 Å². The van der Waals surface area contributed by atoms with Crippen LogP contribution in [-0.2, 0) is 14.4 Å². The highest BCUT2D eigenvalue weighted by molar-refractivity contribution is 9.09. The maximum absolute atomic E-state index is 11.6. The molecule has 0 saturated carbocycles. The van der Waals surface area contributed by atoms with Crippen LogP contribution < -0.4 is 0 Å². The predicted octanol–water partition coefficient (Wildman–Crippen LogP) is 3.25. The number of nitrogens with zero attached hydrogens (tertiary/aromatic N) is 3. The number of rotatable bonds is 8. The first kappa shape index (κ1) is 24.6. The lowest BCUT2D eigenvalue weighted by Crippen LogP contribution is -2.58. The van der Waals surface area contributed by atoms with Gasteiger partial charge in [-0.05, 0) is 31.1 Å². The lowest BCUT2D eigenvalue weighted by Gasteiger charge is -2.41. The standard InChI is InChI=1S/C12H15N3O3.C6H12Br2/c1-4-10(16)13-7-14(11(17)5-2)9-15(8-13)12(18)6-3;7-5-3-1-2-4-6-8/h4-6H,1-3,7-9H2;1-6H2. The van der Waals surface area contributed by atoms with Crippen LogP contribution in [0.3, 0.4) is 0 Å². The second kappa shape index (κ2) is 14.7. The van der Waals surface area contributed by atoms with Gasteiger partial charge in [0.1, 0.15) is 0 Å². The first-order chi connectivity index (χ1) is 12.4. The Morgan fingerprint density at radius 3 is 1.12 bits per heavy atom. The summed E-state index contributed by atoms with van der Waals surface area (Å²) in [6.07, 6.45) is 8.81. The lowest BCUT2D eigenvalue weighted by molar-refractivity contribution is -0.152. The zero-order valence-electron chi connectivity index (χ0n) is 15.0. The fraction of sp³-hybridized carbons (Fsp3) is 0.500. The van der Waals surface area contributed by atoms with Crippen molar-refractivity contribution in [2.75, 3.05) is 30.7 Å². The van der Waals surface area contributed by atoms with Gasteiger partial charge in [0.2, 0.25) is 17.7 Å². The average molecular weight is 493 g/mol. The van der Waals surface area contributed by atoms with Crippen molar-refractivity contribution in [3.05, 3.63) is 38.0 Å². The summed E-state index contributed by atoms with van der Waals surface area (Å²) in [5.41, 5.74) is 0. The number of amides is 3. The van der Waals surface area contributed by atoms with Crippen molar-refractivity contribution in [1.29, 1.82) is 0 Å². The third-order valence-corrected chi connectivity index (χ3v) is 4.62. The molecule has 0 radical (unpaired) electrons. The Labute approximate surface area is 172 Å². The minimum atomic E-state index is -0.349. The van der Waals surface area contributed by atoms with E-state index in [-0.39, 0.29) is 37.7 Å². The van der Waals surface area contributed by atoms with Crippen LogP contribution in [0.5, 0.6) is 0 Å². The summed E-state index contributed by atoms with van der Waals surface area (Å²) in [6, 6.07) is 0. The van der Waals surface area contributed by atoms with E-state index in [2.05, 4.69) is 51.6 Å².